The number of rotatable bonds is 2. The van der Waals surface area contributed by atoms with E-state index in [2.05, 4.69) is 9.97 Å². The van der Waals surface area contributed by atoms with E-state index in [-0.39, 0.29) is 5.88 Å². The molecule has 18 heavy (non-hydrogen) atoms. The Balaban J connectivity index is 1.95. The molecule has 0 fully saturated rings. The lowest BCUT2D eigenvalue weighted by Gasteiger charge is -2.05. The van der Waals surface area contributed by atoms with Crippen LogP contribution in [0, 0.1) is 5.95 Å². The zero-order chi connectivity index (χ0) is 12.4. The minimum absolute atomic E-state index is 0.227. The van der Waals surface area contributed by atoms with Crippen molar-refractivity contribution < 1.29 is 9.13 Å². The predicted octanol–water partition coefficient (Wildman–Crippen LogP) is 3.56. The van der Waals surface area contributed by atoms with Crippen LogP contribution in [-0.4, -0.2) is 9.97 Å². The zero-order valence-electron chi connectivity index (χ0n) is 9.38. The van der Waals surface area contributed by atoms with Gasteiger partial charge < -0.3 is 4.74 Å². The molecule has 0 aliphatic carbocycles. The van der Waals surface area contributed by atoms with Gasteiger partial charge in [-0.3, -0.25) is 4.98 Å². The maximum absolute atomic E-state index is 12.9. The summed E-state index contributed by atoms with van der Waals surface area (Å²) >= 11 is 0. The van der Waals surface area contributed by atoms with Gasteiger partial charge in [0.05, 0.1) is 5.52 Å². The highest BCUT2D eigenvalue weighted by Crippen LogP contribution is 2.23. The second-order valence-corrected chi connectivity index (χ2v) is 3.76. The van der Waals surface area contributed by atoms with Crippen molar-refractivity contribution in [1.82, 2.24) is 9.97 Å². The average molecular weight is 240 g/mol. The fourth-order valence-corrected chi connectivity index (χ4v) is 1.68. The number of aromatic nitrogens is 2. The first-order valence-corrected chi connectivity index (χ1v) is 5.46. The number of hydrogen-bond donors (Lipinski definition) is 0. The molecule has 0 bridgehead atoms. The lowest BCUT2D eigenvalue weighted by Crippen LogP contribution is -1.90. The summed E-state index contributed by atoms with van der Waals surface area (Å²) in [5.74, 6) is 0.246. The Bertz CT molecular complexity index is 700. The van der Waals surface area contributed by atoms with E-state index in [0.717, 1.165) is 10.9 Å². The number of nitrogens with zero attached hydrogens (tertiary/aromatic N) is 2. The minimum Gasteiger partial charge on any atom is -0.439 e. The van der Waals surface area contributed by atoms with Crippen molar-refractivity contribution in [2.45, 2.75) is 0 Å². The number of benzene rings is 1. The smallest absolute Gasteiger partial charge is 0.221 e. The van der Waals surface area contributed by atoms with Gasteiger partial charge in [0.1, 0.15) is 5.75 Å². The zero-order valence-corrected chi connectivity index (χ0v) is 9.38. The summed E-state index contributed by atoms with van der Waals surface area (Å²) in [5.41, 5.74) is 0.825. The van der Waals surface area contributed by atoms with E-state index < -0.39 is 5.95 Å². The molecule has 3 rings (SSSR count). The lowest BCUT2D eigenvalue weighted by atomic mass is 10.2. The van der Waals surface area contributed by atoms with Crippen molar-refractivity contribution in [3.05, 3.63) is 60.7 Å². The van der Waals surface area contributed by atoms with Crippen LogP contribution in [0.1, 0.15) is 0 Å². The summed E-state index contributed by atoms with van der Waals surface area (Å²) in [6, 6.07) is 13.8. The van der Waals surface area contributed by atoms with Crippen molar-refractivity contribution in [2.24, 2.45) is 0 Å². The summed E-state index contributed by atoms with van der Waals surface area (Å²) < 4.78 is 18.4. The van der Waals surface area contributed by atoms with Crippen LogP contribution in [0.4, 0.5) is 4.39 Å². The van der Waals surface area contributed by atoms with Gasteiger partial charge in [0.15, 0.2) is 0 Å². The fraction of sp³-hybridized carbons (Fsp3) is 0. The Kier molecular flexibility index (Phi) is 2.61. The SMILES string of the molecule is Fc1cccc(Oc2ccc3cccnc3c2)n1. The van der Waals surface area contributed by atoms with E-state index in [0.29, 0.717) is 5.75 Å². The fourth-order valence-electron chi connectivity index (χ4n) is 1.68. The van der Waals surface area contributed by atoms with Gasteiger partial charge in [0, 0.05) is 23.7 Å². The van der Waals surface area contributed by atoms with Gasteiger partial charge in [-0.05, 0) is 24.3 Å². The molecule has 2 aromatic heterocycles. The van der Waals surface area contributed by atoms with Crippen molar-refractivity contribution in [1.29, 1.82) is 0 Å². The first kappa shape index (κ1) is 10.7. The predicted molar refractivity (Wildman–Crippen MR) is 66.0 cm³/mol. The Labute approximate surface area is 103 Å². The highest BCUT2D eigenvalue weighted by Gasteiger charge is 2.02. The van der Waals surface area contributed by atoms with E-state index in [9.17, 15) is 4.39 Å². The van der Waals surface area contributed by atoms with Gasteiger partial charge in [-0.2, -0.15) is 9.37 Å². The minimum atomic E-state index is -0.564. The van der Waals surface area contributed by atoms with E-state index in [4.69, 9.17) is 4.74 Å². The number of halogens is 1. The summed E-state index contributed by atoms with van der Waals surface area (Å²) in [7, 11) is 0. The topological polar surface area (TPSA) is 35.0 Å². The number of pyridine rings is 2. The van der Waals surface area contributed by atoms with Gasteiger partial charge in [0.2, 0.25) is 11.8 Å². The Morgan fingerprint density at radius 3 is 2.83 bits per heavy atom. The molecule has 1 aromatic carbocycles. The second-order valence-electron chi connectivity index (χ2n) is 3.76. The molecule has 0 spiro atoms. The van der Waals surface area contributed by atoms with Crippen molar-refractivity contribution >= 4 is 10.9 Å². The normalized spacial score (nSPS) is 10.5. The molecule has 0 saturated carbocycles. The molecule has 0 radical (unpaired) electrons. The third-order valence-electron chi connectivity index (χ3n) is 2.49. The van der Waals surface area contributed by atoms with Crippen LogP contribution in [0.25, 0.3) is 10.9 Å². The second kappa shape index (κ2) is 4.41. The Morgan fingerprint density at radius 2 is 1.94 bits per heavy atom. The maximum atomic E-state index is 12.9. The maximum Gasteiger partial charge on any atom is 0.221 e. The molecule has 88 valence electrons. The number of hydrogen-bond acceptors (Lipinski definition) is 3. The summed E-state index contributed by atoms with van der Waals surface area (Å²) in [5, 5.41) is 1.03. The van der Waals surface area contributed by atoms with Crippen LogP contribution in [0.15, 0.2) is 54.7 Å². The van der Waals surface area contributed by atoms with Gasteiger partial charge in [-0.25, -0.2) is 0 Å². The van der Waals surface area contributed by atoms with Gasteiger partial charge in [-0.1, -0.05) is 12.1 Å². The van der Waals surface area contributed by atoms with Gasteiger partial charge >= 0.3 is 0 Å². The van der Waals surface area contributed by atoms with E-state index >= 15 is 0 Å². The van der Waals surface area contributed by atoms with E-state index in [1.54, 1.807) is 30.5 Å². The monoisotopic (exact) mass is 240 g/mol. The lowest BCUT2D eigenvalue weighted by molar-refractivity contribution is 0.446. The highest BCUT2D eigenvalue weighted by molar-refractivity contribution is 5.79. The quantitative estimate of drug-likeness (QED) is 0.642. The molecule has 0 aliphatic rings. The molecule has 0 amide bonds. The van der Waals surface area contributed by atoms with Crippen LogP contribution in [0.2, 0.25) is 0 Å². The van der Waals surface area contributed by atoms with Crippen LogP contribution in [0.5, 0.6) is 11.6 Å². The van der Waals surface area contributed by atoms with Crippen LogP contribution >= 0.6 is 0 Å². The number of fused-ring (bicyclic) bond motifs is 1. The summed E-state index contributed by atoms with van der Waals surface area (Å²) in [6.07, 6.45) is 1.71. The third-order valence-corrected chi connectivity index (χ3v) is 2.49. The molecule has 0 N–H and O–H groups in total. The molecule has 0 atom stereocenters. The van der Waals surface area contributed by atoms with Crippen molar-refractivity contribution in [2.75, 3.05) is 0 Å². The molecular weight excluding hydrogens is 231 g/mol. The highest BCUT2D eigenvalue weighted by atomic mass is 19.1. The largest absolute Gasteiger partial charge is 0.439 e. The molecule has 0 saturated heterocycles. The molecule has 3 aromatic rings. The van der Waals surface area contributed by atoms with Gasteiger partial charge in [-0.15, -0.1) is 0 Å². The number of ether oxygens (including phenoxy) is 1. The third kappa shape index (κ3) is 2.13. The molecule has 4 heteroatoms. The molecule has 2 heterocycles. The van der Waals surface area contributed by atoms with Crippen LogP contribution < -0.4 is 4.74 Å². The Morgan fingerprint density at radius 1 is 1.00 bits per heavy atom. The molecule has 0 aliphatic heterocycles. The van der Waals surface area contributed by atoms with E-state index in [1.165, 1.54) is 6.07 Å². The first-order chi connectivity index (χ1) is 8.81. The first-order valence-electron chi connectivity index (χ1n) is 5.46. The van der Waals surface area contributed by atoms with Crippen LogP contribution in [-0.2, 0) is 0 Å². The van der Waals surface area contributed by atoms with E-state index in [1.807, 2.05) is 18.2 Å². The van der Waals surface area contributed by atoms with Crippen molar-refractivity contribution in [3.8, 4) is 11.6 Å². The molecular formula is C14H9FN2O. The standard InChI is InChI=1S/C14H9FN2O/c15-13-4-1-5-14(17-13)18-11-7-6-10-3-2-8-16-12(10)9-11/h1-9H. The summed E-state index contributed by atoms with van der Waals surface area (Å²) in [4.78, 5) is 7.87. The molecule has 0 unspecified atom stereocenters. The van der Waals surface area contributed by atoms with Crippen molar-refractivity contribution in [3.63, 3.8) is 0 Å². The van der Waals surface area contributed by atoms with Gasteiger partial charge in [0.25, 0.3) is 0 Å². The molecule has 3 nitrogen and oxygen atoms in total. The summed E-state index contributed by atoms with van der Waals surface area (Å²) in [6.45, 7) is 0. The van der Waals surface area contributed by atoms with Crippen LogP contribution in [0.3, 0.4) is 0 Å². The average Bonchev–Trinajstić information content (AvgIpc) is 2.39. The Hall–Kier alpha value is -2.49.